The molecule has 20 heavy (non-hydrogen) atoms. The summed E-state index contributed by atoms with van der Waals surface area (Å²) in [5.41, 5.74) is 0. The number of nitrogens with one attached hydrogen (secondary N) is 1. The van der Waals surface area contributed by atoms with Gasteiger partial charge < -0.3 is 19.5 Å². The molecule has 1 unspecified atom stereocenters. The Balaban J connectivity index is 2.18. The summed E-state index contributed by atoms with van der Waals surface area (Å²) < 4.78 is 9.85. The van der Waals surface area contributed by atoms with Gasteiger partial charge in [-0.2, -0.15) is 0 Å². The van der Waals surface area contributed by atoms with E-state index in [0.717, 1.165) is 0 Å². The molecule has 110 valence electrons. The fourth-order valence-corrected chi connectivity index (χ4v) is 2.24. The minimum atomic E-state index is -0.465. The van der Waals surface area contributed by atoms with Gasteiger partial charge in [0.25, 0.3) is 11.8 Å². The average molecular weight is 281 g/mol. The molecule has 0 aromatic carbocycles. The third-order valence-electron chi connectivity index (χ3n) is 3.19. The number of ether oxygens (including phenoxy) is 1. The summed E-state index contributed by atoms with van der Waals surface area (Å²) in [4.78, 5) is 25.9. The summed E-state index contributed by atoms with van der Waals surface area (Å²) in [6, 6.07) is 0.966. The lowest BCUT2D eigenvalue weighted by molar-refractivity contribution is -0.128. The summed E-state index contributed by atoms with van der Waals surface area (Å²) in [5, 5.41) is 6.40. The van der Waals surface area contributed by atoms with E-state index in [1.54, 1.807) is 4.90 Å². The van der Waals surface area contributed by atoms with Gasteiger partial charge in [-0.15, -0.1) is 0 Å². The van der Waals surface area contributed by atoms with Crippen LogP contribution in [0, 0.1) is 5.92 Å². The Morgan fingerprint density at radius 3 is 3.00 bits per heavy atom. The Kier molecular flexibility index (Phi) is 4.26. The standard InChI is InChI=1S/C13H19N3O4/c1-8(2)6-9-12(17)14-4-5-16(9)13(18)10-7-11(19-3)15-20-10/h7-9H,4-6H2,1-3H3,(H,14,17). The van der Waals surface area contributed by atoms with E-state index >= 15 is 0 Å². The van der Waals surface area contributed by atoms with Crippen LogP contribution in [-0.2, 0) is 4.79 Å². The van der Waals surface area contributed by atoms with Crippen molar-refractivity contribution < 1.29 is 18.8 Å². The molecular formula is C13H19N3O4. The van der Waals surface area contributed by atoms with Gasteiger partial charge in [0.1, 0.15) is 6.04 Å². The van der Waals surface area contributed by atoms with Crippen LogP contribution in [0.2, 0.25) is 0 Å². The third kappa shape index (κ3) is 2.92. The molecule has 1 aromatic heterocycles. The first-order valence-corrected chi connectivity index (χ1v) is 6.62. The van der Waals surface area contributed by atoms with Crippen molar-refractivity contribution in [2.45, 2.75) is 26.3 Å². The van der Waals surface area contributed by atoms with Gasteiger partial charge in [0.2, 0.25) is 11.7 Å². The average Bonchev–Trinajstić information content (AvgIpc) is 2.88. The van der Waals surface area contributed by atoms with Crippen molar-refractivity contribution in [3.05, 3.63) is 11.8 Å². The fraction of sp³-hybridized carbons (Fsp3) is 0.615. The predicted octanol–water partition coefficient (Wildman–Crippen LogP) is 0.670. The third-order valence-corrected chi connectivity index (χ3v) is 3.19. The van der Waals surface area contributed by atoms with Crippen LogP contribution in [0.25, 0.3) is 0 Å². The van der Waals surface area contributed by atoms with Gasteiger partial charge in [-0.1, -0.05) is 13.8 Å². The molecule has 0 saturated carbocycles. The molecule has 2 rings (SSSR count). The van der Waals surface area contributed by atoms with Gasteiger partial charge in [-0.05, 0) is 17.5 Å². The highest BCUT2D eigenvalue weighted by molar-refractivity contribution is 5.96. The maximum absolute atomic E-state index is 12.4. The van der Waals surface area contributed by atoms with Crippen LogP contribution < -0.4 is 10.1 Å². The molecule has 0 bridgehead atoms. The highest BCUT2D eigenvalue weighted by Gasteiger charge is 2.35. The molecule has 7 heteroatoms. The van der Waals surface area contributed by atoms with E-state index in [4.69, 9.17) is 9.26 Å². The monoisotopic (exact) mass is 281 g/mol. The molecule has 0 spiro atoms. The van der Waals surface area contributed by atoms with Crippen LogP contribution in [0.15, 0.2) is 10.6 Å². The number of aromatic nitrogens is 1. The van der Waals surface area contributed by atoms with Crippen molar-refractivity contribution >= 4 is 11.8 Å². The Hall–Kier alpha value is -2.05. The summed E-state index contributed by atoms with van der Waals surface area (Å²) in [6.45, 7) is 4.94. The molecule has 1 atom stereocenters. The number of nitrogens with zero attached hydrogens (tertiary/aromatic N) is 2. The van der Waals surface area contributed by atoms with Crippen LogP contribution in [0.3, 0.4) is 0 Å². The zero-order valence-corrected chi connectivity index (χ0v) is 11.9. The SMILES string of the molecule is COc1cc(C(=O)N2CCNC(=O)C2CC(C)C)on1. The lowest BCUT2D eigenvalue weighted by atomic mass is 10.00. The van der Waals surface area contributed by atoms with Crippen molar-refractivity contribution in [3.8, 4) is 5.88 Å². The van der Waals surface area contributed by atoms with Crippen LogP contribution in [-0.4, -0.2) is 48.1 Å². The maximum atomic E-state index is 12.4. The van der Waals surface area contributed by atoms with Gasteiger partial charge in [0.05, 0.1) is 13.2 Å². The first-order valence-electron chi connectivity index (χ1n) is 6.62. The minimum absolute atomic E-state index is 0.0882. The van der Waals surface area contributed by atoms with E-state index in [-0.39, 0.29) is 23.5 Å². The maximum Gasteiger partial charge on any atom is 0.293 e. The van der Waals surface area contributed by atoms with Crippen molar-refractivity contribution in [2.24, 2.45) is 5.92 Å². The molecule has 0 aliphatic carbocycles. The quantitative estimate of drug-likeness (QED) is 0.876. The lowest BCUT2D eigenvalue weighted by Crippen LogP contribution is -2.57. The number of methoxy groups -OCH3 is 1. The van der Waals surface area contributed by atoms with Crippen LogP contribution in [0.4, 0.5) is 0 Å². The summed E-state index contributed by atoms with van der Waals surface area (Å²) in [7, 11) is 1.45. The molecule has 2 amide bonds. The number of amides is 2. The number of hydrogen-bond acceptors (Lipinski definition) is 5. The number of carbonyl (C=O) groups is 2. The zero-order valence-electron chi connectivity index (χ0n) is 11.9. The van der Waals surface area contributed by atoms with E-state index in [0.29, 0.717) is 25.4 Å². The van der Waals surface area contributed by atoms with Crippen molar-refractivity contribution in [3.63, 3.8) is 0 Å². The van der Waals surface area contributed by atoms with Gasteiger partial charge >= 0.3 is 0 Å². The second kappa shape index (κ2) is 5.94. The highest BCUT2D eigenvalue weighted by atomic mass is 16.5. The fourth-order valence-electron chi connectivity index (χ4n) is 2.24. The van der Waals surface area contributed by atoms with E-state index in [2.05, 4.69) is 10.5 Å². The largest absolute Gasteiger partial charge is 0.479 e. The summed E-state index contributed by atoms with van der Waals surface area (Å²) in [5.74, 6) is 0.190. The minimum Gasteiger partial charge on any atom is -0.479 e. The normalized spacial score (nSPS) is 19.1. The van der Waals surface area contributed by atoms with Crippen molar-refractivity contribution in [2.75, 3.05) is 20.2 Å². The van der Waals surface area contributed by atoms with E-state index in [1.807, 2.05) is 13.8 Å². The molecular weight excluding hydrogens is 262 g/mol. The van der Waals surface area contributed by atoms with Crippen LogP contribution in [0.5, 0.6) is 5.88 Å². The topological polar surface area (TPSA) is 84.7 Å². The first kappa shape index (κ1) is 14.4. The molecule has 1 aromatic rings. The van der Waals surface area contributed by atoms with Gasteiger partial charge in [0, 0.05) is 13.1 Å². The van der Waals surface area contributed by atoms with Gasteiger partial charge in [-0.25, -0.2) is 0 Å². The Labute approximate surface area is 117 Å². The Bertz CT molecular complexity index is 498. The summed E-state index contributed by atoms with van der Waals surface area (Å²) in [6.07, 6.45) is 0.614. The number of rotatable bonds is 4. The second-order valence-corrected chi connectivity index (χ2v) is 5.17. The highest BCUT2D eigenvalue weighted by Crippen LogP contribution is 2.19. The second-order valence-electron chi connectivity index (χ2n) is 5.17. The lowest BCUT2D eigenvalue weighted by Gasteiger charge is -2.35. The van der Waals surface area contributed by atoms with Gasteiger partial charge in [-0.3, -0.25) is 9.59 Å². The Morgan fingerprint density at radius 2 is 2.40 bits per heavy atom. The first-order chi connectivity index (χ1) is 9.52. The zero-order chi connectivity index (χ0) is 14.7. The molecule has 1 fully saturated rings. The Morgan fingerprint density at radius 1 is 1.65 bits per heavy atom. The number of hydrogen-bond donors (Lipinski definition) is 1. The summed E-state index contributed by atoms with van der Waals surface area (Å²) >= 11 is 0. The predicted molar refractivity (Wildman–Crippen MR) is 70.3 cm³/mol. The molecule has 7 nitrogen and oxygen atoms in total. The van der Waals surface area contributed by atoms with Crippen molar-refractivity contribution in [1.29, 1.82) is 0 Å². The van der Waals surface area contributed by atoms with Crippen LogP contribution >= 0.6 is 0 Å². The number of piperazine rings is 1. The van der Waals surface area contributed by atoms with Crippen LogP contribution in [0.1, 0.15) is 30.8 Å². The number of carbonyl (C=O) groups excluding carboxylic acids is 2. The molecule has 2 heterocycles. The molecule has 1 saturated heterocycles. The molecule has 1 aliphatic rings. The molecule has 1 aliphatic heterocycles. The molecule has 0 radical (unpaired) electrons. The van der Waals surface area contributed by atoms with E-state index in [1.165, 1.54) is 13.2 Å². The van der Waals surface area contributed by atoms with E-state index < -0.39 is 6.04 Å². The van der Waals surface area contributed by atoms with Crippen molar-refractivity contribution in [1.82, 2.24) is 15.4 Å². The van der Waals surface area contributed by atoms with Gasteiger partial charge in [0.15, 0.2) is 0 Å². The smallest absolute Gasteiger partial charge is 0.293 e. The van der Waals surface area contributed by atoms with E-state index in [9.17, 15) is 9.59 Å². The molecule has 1 N–H and O–H groups in total.